The third-order valence-corrected chi connectivity index (χ3v) is 3.72. The number of benzene rings is 1. The van der Waals surface area contributed by atoms with Gasteiger partial charge < -0.3 is 5.32 Å². The number of rotatable bonds is 4. The minimum absolute atomic E-state index is 0.372. The standard InChI is InChI=1S/C14H19N3/c1-3-17-13-7-5-4-6-11(13)12(16-17)10-15-14(2)8-9-14/h4-7,15H,3,8-10H2,1-2H3. The lowest BCUT2D eigenvalue weighted by Gasteiger charge is -2.09. The molecule has 0 saturated heterocycles. The Balaban J connectivity index is 1.92. The summed E-state index contributed by atoms with van der Waals surface area (Å²) < 4.78 is 2.08. The normalized spacial score (nSPS) is 17.5. The summed E-state index contributed by atoms with van der Waals surface area (Å²) in [6.45, 7) is 6.23. The van der Waals surface area contributed by atoms with E-state index in [2.05, 4.69) is 48.1 Å². The van der Waals surface area contributed by atoms with E-state index in [9.17, 15) is 0 Å². The third-order valence-electron chi connectivity index (χ3n) is 3.72. The fourth-order valence-electron chi connectivity index (χ4n) is 2.23. The van der Waals surface area contributed by atoms with Gasteiger partial charge in [0.05, 0.1) is 11.2 Å². The molecule has 0 aliphatic heterocycles. The quantitative estimate of drug-likeness (QED) is 0.873. The summed E-state index contributed by atoms with van der Waals surface area (Å²) >= 11 is 0. The first-order valence-corrected chi connectivity index (χ1v) is 6.41. The van der Waals surface area contributed by atoms with Crippen LogP contribution >= 0.6 is 0 Å². The Labute approximate surface area is 102 Å². The highest BCUT2D eigenvalue weighted by Gasteiger charge is 2.36. The molecule has 0 bridgehead atoms. The second-order valence-electron chi connectivity index (χ2n) is 5.19. The van der Waals surface area contributed by atoms with Crippen molar-refractivity contribution in [3.63, 3.8) is 0 Å². The van der Waals surface area contributed by atoms with Crippen LogP contribution in [0, 0.1) is 0 Å². The van der Waals surface area contributed by atoms with Gasteiger partial charge in [-0.25, -0.2) is 0 Å². The third kappa shape index (κ3) is 1.95. The molecule has 3 heteroatoms. The van der Waals surface area contributed by atoms with Crippen molar-refractivity contribution in [3.05, 3.63) is 30.0 Å². The molecule has 0 amide bonds. The second kappa shape index (κ2) is 3.84. The summed E-state index contributed by atoms with van der Waals surface area (Å²) in [6, 6.07) is 8.48. The molecule has 17 heavy (non-hydrogen) atoms. The Morgan fingerprint density at radius 1 is 1.35 bits per heavy atom. The molecule has 90 valence electrons. The first kappa shape index (κ1) is 10.8. The molecular formula is C14H19N3. The van der Waals surface area contributed by atoms with Crippen LogP contribution in [0.25, 0.3) is 10.9 Å². The number of aryl methyl sites for hydroxylation is 1. The van der Waals surface area contributed by atoms with Crippen LogP contribution in [-0.2, 0) is 13.1 Å². The van der Waals surface area contributed by atoms with Crippen molar-refractivity contribution >= 4 is 10.9 Å². The molecule has 1 saturated carbocycles. The van der Waals surface area contributed by atoms with E-state index in [-0.39, 0.29) is 0 Å². The van der Waals surface area contributed by atoms with Crippen LogP contribution < -0.4 is 5.32 Å². The fraction of sp³-hybridized carbons (Fsp3) is 0.500. The maximum absolute atomic E-state index is 4.69. The molecule has 1 aromatic heterocycles. The van der Waals surface area contributed by atoms with Crippen molar-refractivity contribution in [1.82, 2.24) is 15.1 Å². The Bertz CT molecular complexity index is 537. The van der Waals surface area contributed by atoms with Gasteiger partial charge in [0.15, 0.2) is 0 Å². The maximum atomic E-state index is 4.69. The smallest absolute Gasteiger partial charge is 0.0841 e. The molecule has 1 aliphatic carbocycles. The summed E-state index contributed by atoms with van der Waals surface area (Å²) in [5.74, 6) is 0. The summed E-state index contributed by atoms with van der Waals surface area (Å²) in [4.78, 5) is 0. The van der Waals surface area contributed by atoms with Gasteiger partial charge in [-0.15, -0.1) is 0 Å². The number of fused-ring (bicyclic) bond motifs is 1. The van der Waals surface area contributed by atoms with E-state index in [1.807, 2.05) is 0 Å². The Morgan fingerprint density at radius 2 is 2.12 bits per heavy atom. The van der Waals surface area contributed by atoms with Crippen molar-refractivity contribution in [3.8, 4) is 0 Å². The lowest BCUT2D eigenvalue weighted by Crippen LogP contribution is -2.27. The summed E-state index contributed by atoms with van der Waals surface area (Å²) in [6.07, 6.45) is 2.58. The van der Waals surface area contributed by atoms with Gasteiger partial charge in [0, 0.05) is 24.0 Å². The molecule has 0 atom stereocenters. The van der Waals surface area contributed by atoms with E-state index in [0.717, 1.165) is 13.1 Å². The first-order chi connectivity index (χ1) is 8.22. The second-order valence-corrected chi connectivity index (χ2v) is 5.19. The lowest BCUT2D eigenvalue weighted by molar-refractivity contribution is 0.526. The minimum Gasteiger partial charge on any atom is -0.306 e. The molecular weight excluding hydrogens is 210 g/mol. The van der Waals surface area contributed by atoms with E-state index >= 15 is 0 Å². The molecule has 0 radical (unpaired) electrons. The molecule has 1 heterocycles. The predicted molar refractivity (Wildman–Crippen MR) is 69.9 cm³/mol. The van der Waals surface area contributed by atoms with Gasteiger partial charge in [-0.1, -0.05) is 18.2 Å². The van der Waals surface area contributed by atoms with Crippen LogP contribution in [-0.4, -0.2) is 15.3 Å². The maximum Gasteiger partial charge on any atom is 0.0841 e. The van der Waals surface area contributed by atoms with Gasteiger partial charge in [-0.3, -0.25) is 4.68 Å². The average molecular weight is 229 g/mol. The summed E-state index contributed by atoms with van der Waals surface area (Å²) in [7, 11) is 0. The van der Waals surface area contributed by atoms with Crippen LogP contribution in [0.2, 0.25) is 0 Å². The van der Waals surface area contributed by atoms with Crippen LogP contribution in [0.4, 0.5) is 0 Å². The Hall–Kier alpha value is -1.35. The average Bonchev–Trinajstić information content (AvgIpc) is 2.98. The van der Waals surface area contributed by atoms with E-state index < -0.39 is 0 Å². The van der Waals surface area contributed by atoms with Gasteiger partial charge in [0.2, 0.25) is 0 Å². The molecule has 1 fully saturated rings. The van der Waals surface area contributed by atoms with Crippen LogP contribution in [0.3, 0.4) is 0 Å². The van der Waals surface area contributed by atoms with Crippen molar-refractivity contribution in [2.45, 2.75) is 45.3 Å². The van der Waals surface area contributed by atoms with Crippen LogP contribution in [0.1, 0.15) is 32.4 Å². The number of aromatic nitrogens is 2. The van der Waals surface area contributed by atoms with Gasteiger partial charge in [-0.05, 0) is 32.8 Å². The molecule has 1 aliphatic rings. The number of para-hydroxylation sites is 1. The number of nitrogens with one attached hydrogen (secondary N) is 1. The lowest BCUT2D eigenvalue weighted by atomic mass is 10.2. The number of hydrogen-bond donors (Lipinski definition) is 1. The van der Waals surface area contributed by atoms with E-state index in [1.165, 1.54) is 29.4 Å². The molecule has 3 rings (SSSR count). The highest BCUT2D eigenvalue weighted by atomic mass is 15.3. The minimum atomic E-state index is 0.372. The number of nitrogens with zero attached hydrogens (tertiary/aromatic N) is 2. The van der Waals surface area contributed by atoms with Gasteiger partial charge in [0.25, 0.3) is 0 Å². The predicted octanol–water partition coefficient (Wildman–Crippen LogP) is 2.70. The summed E-state index contributed by atoms with van der Waals surface area (Å²) in [5, 5.41) is 9.58. The zero-order chi connectivity index (χ0) is 11.9. The molecule has 0 spiro atoms. The van der Waals surface area contributed by atoms with Crippen molar-refractivity contribution in [2.24, 2.45) is 0 Å². The fourth-order valence-corrected chi connectivity index (χ4v) is 2.23. The SMILES string of the molecule is CCn1nc(CNC2(C)CC2)c2ccccc21. The van der Waals surface area contributed by atoms with Gasteiger partial charge in [0.1, 0.15) is 0 Å². The monoisotopic (exact) mass is 229 g/mol. The zero-order valence-corrected chi connectivity index (χ0v) is 10.5. The molecule has 3 nitrogen and oxygen atoms in total. The Morgan fingerprint density at radius 3 is 2.82 bits per heavy atom. The van der Waals surface area contributed by atoms with Gasteiger partial charge in [-0.2, -0.15) is 5.10 Å². The van der Waals surface area contributed by atoms with E-state index in [0.29, 0.717) is 5.54 Å². The first-order valence-electron chi connectivity index (χ1n) is 6.41. The van der Waals surface area contributed by atoms with Crippen molar-refractivity contribution in [1.29, 1.82) is 0 Å². The number of hydrogen-bond acceptors (Lipinski definition) is 2. The molecule has 0 unspecified atom stereocenters. The zero-order valence-electron chi connectivity index (χ0n) is 10.5. The van der Waals surface area contributed by atoms with Gasteiger partial charge >= 0.3 is 0 Å². The van der Waals surface area contributed by atoms with Crippen LogP contribution in [0.5, 0.6) is 0 Å². The van der Waals surface area contributed by atoms with E-state index in [1.54, 1.807) is 0 Å². The van der Waals surface area contributed by atoms with Crippen LogP contribution in [0.15, 0.2) is 24.3 Å². The Kier molecular flexibility index (Phi) is 2.44. The van der Waals surface area contributed by atoms with Crippen molar-refractivity contribution < 1.29 is 0 Å². The molecule has 1 N–H and O–H groups in total. The molecule has 2 aromatic rings. The highest BCUT2D eigenvalue weighted by molar-refractivity contribution is 5.81. The highest BCUT2D eigenvalue weighted by Crippen LogP contribution is 2.34. The largest absolute Gasteiger partial charge is 0.306 e. The van der Waals surface area contributed by atoms with E-state index in [4.69, 9.17) is 5.10 Å². The molecule has 1 aromatic carbocycles. The summed E-state index contributed by atoms with van der Waals surface area (Å²) in [5.41, 5.74) is 2.79. The van der Waals surface area contributed by atoms with Crippen molar-refractivity contribution in [2.75, 3.05) is 0 Å². The topological polar surface area (TPSA) is 29.9 Å².